The summed E-state index contributed by atoms with van der Waals surface area (Å²) in [5.41, 5.74) is 2.93. The fraction of sp³-hybridized carbons (Fsp3) is 0.667. The van der Waals surface area contributed by atoms with Crippen LogP contribution >= 0.6 is 0 Å². The van der Waals surface area contributed by atoms with Gasteiger partial charge in [0.1, 0.15) is 0 Å². The topological polar surface area (TPSA) is 12.0 Å². The number of hydrogen-bond donors (Lipinski definition) is 1. The highest BCUT2D eigenvalue weighted by Crippen LogP contribution is 2.29. The highest BCUT2D eigenvalue weighted by atomic mass is 14.9. The number of rotatable bonds is 7. The molecule has 1 aliphatic carbocycles. The molecule has 1 unspecified atom stereocenters. The van der Waals surface area contributed by atoms with Crippen molar-refractivity contribution < 1.29 is 0 Å². The fourth-order valence-corrected chi connectivity index (χ4v) is 3.37. The van der Waals surface area contributed by atoms with Crippen LogP contribution in [0.2, 0.25) is 0 Å². The summed E-state index contributed by atoms with van der Waals surface area (Å²) in [5.74, 6) is 0.971. The Bertz CT molecular complexity index is 348. The van der Waals surface area contributed by atoms with Crippen LogP contribution in [0.5, 0.6) is 0 Å². The van der Waals surface area contributed by atoms with Gasteiger partial charge in [-0.2, -0.15) is 0 Å². The van der Waals surface area contributed by atoms with Crippen molar-refractivity contribution in [2.24, 2.45) is 5.92 Å². The zero-order valence-corrected chi connectivity index (χ0v) is 12.6. The molecule has 19 heavy (non-hydrogen) atoms. The van der Waals surface area contributed by atoms with Gasteiger partial charge >= 0.3 is 0 Å². The van der Waals surface area contributed by atoms with Crippen molar-refractivity contribution in [3.8, 4) is 0 Å². The number of benzene rings is 1. The molecule has 0 spiro atoms. The minimum Gasteiger partial charge on any atom is -0.314 e. The van der Waals surface area contributed by atoms with Gasteiger partial charge < -0.3 is 5.32 Å². The van der Waals surface area contributed by atoms with E-state index in [0.29, 0.717) is 6.04 Å². The van der Waals surface area contributed by atoms with Crippen molar-refractivity contribution in [2.75, 3.05) is 6.54 Å². The molecule has 1 aromatic rings. The van der Waals surface area contributed by atoms with Crippen LogP contribution in [0.1, 0.15) is 57.1 Å². The van der Waals surface area contributed by atoms with Crippen LogP contribution in [0.3, 0.4) is 0 Å². The standard InChI is InChI=1S/C18H29N/c1-3-15-9-11-17(12-10-15)14-18(19-4-2)13-16-7-5-6-8-16/h9-12,16,18-19H,3-8,13-14H2,1-2H3. The zero-order valence-electron chi connectivity index (χ0n) is 12.6. The third-order valence-electron chi connectivity index (χ3n) is 4.50. The van der Waals surface area contributed by atoms with Crippen molar-refractivity contribution >= 4 is 0 Å². The molecule has 1 N–H and O–H groups in total. The zero-order chi connectivity index (χ0) is 13.5. The van der Waals surface area contributed by atoms with Crippen LogP contribution in [0.15, 0.2) is 24.3 Å². The van der Waals surface area contributed by atoms with Crippen LogP contribution in [0.25, 0.3) is 0 Å². The van der Waals surface area contributed by atoms with E-state index in [0.717, 1.165) is 18.9 Å². The maximum Gasteiger partial charge on any atom is 0.0110 e. The molecule has 1 atom stereocenters. The Labute approximate surface area is 118 Å². The molecular weight excluding hydrogens is 230 g/mol. The molecule has 1 aliphatic rings. The third kappa shape index (κ3) is 4.65. The van der Waals surface area contributed by atoms with Crippen LogP contribution in [0, 0.1) is 5.92 Å². The lowest BCUT2D eigenvalue weighted by molar-refractivity contribution is 0.390. The third-order valence-corrected chi connectivity index (χ3v) is 4.50. The van der Waals surface area contributed by atoms with Crippen molar-refractivity contribution in [3.05, 3.63) is 35.4 Å². The summed E-state index contributed by atoms with van der Waals surface area (Å²) in [4.78, 5) is 0. The molecule has 0 aromatic heterocycles. The molecule has 1 saturated carbocycles. The van der Waals surface area contributed by atoms with E-state index in [9.17, 15) is 0 Å². The second-order valence-corrected chi connectivity index (χ2v) is 6.01. The lowest BCUT2D eigenvalue weighted by atomic mass is 9.93. The normalized spacial score (nSPS) is 17.8. The van der Waals surface area contributed by atoms with E-state index in [1.165, 1.54) is 49.7 Å². The minimum atomic E-state index is 0.667. The summed E-state index contributed by atoms with van der Waals surface area (Å²) < 4.78 is 0. The van der Waals surface area contributed by atoms with Gasteiger partial charge in [-0.1, -0.05) is 63.8 Å². The van der Waals surface area contributed by atoms with E-state index in [1.54, 1.807) is 0 Å². The Morgan fingerprint density at radius 1 is 1.05 bits per heavy atom. The van der Waals surface area contributed by atoms with Gasteiger partial charge in [0.2, 0.25) is 0 Å². The van der Waals surface area contributed by atoms with Crippen molar-refractivity contribution in [2.45, 2.75) is 64.8 Å². The monoisotopic (exact) mass is 259 g/mol. The van der Waals surface area contributed by atoms with E-state index in [2.05, 4.69) is 43.4 Å². The van der Waals surface area contributed by atoms with Crippen molar-refractivity contribution in [1.29, 1.82) is 0 Å². The smallest absolute Gasteiger partial charge is 0.0110 e. The second-order valence-electron chi connectivity index (χ2n) is 6.01. The quantitative estimate of drug-likeness (QED) is 0.767. The molecule has 1 aromatic carbocycles. The van der Waals surface area contributed by atoms with Gasteiger partial charge in [-0.15, -0.1) is 0 Å². The van der Waals surface area contributed by atoms with Gasteiger partial charge in [0, 0.05) is 6.04 Å². The molecule has 1 fully saturated rings. The Kier molecular flexibility index (Phi) is 5.91. The summed E-state index contributed by atoms with van der Waals surface area (Å²) >= 11 is 0. The van der Waals surface area contributed by atoms with Gasteiger partial charge in [0.15, 0.2) is 0 Å². The molecule has 1 nitrogen and oxygen atoms in total. The Balaban J connectivity index is 1.90. The van der Waals surface area contributed by atoms with E-state index < -0.39 is 0 Å². The second kappa shape index (κ2) is 7.69. The van der Waals surface area contributed by atoms with E-state index in [1.807, 2.05) is 0 Å². The van der Waals surface area contributed by atoms with E-state index in [-0.39, 0.29) is 0 Å². The minimum absolute atomic E-state index is 0.667. The molecule has 2 rings (SSSR count). The molecule has 0 aliphatic heterocycles. The number of nitrogens with one attached hydrogen (secondary N) is 1. The highest BCUT2D eigenvalue weighted by molar-refractivity contribution is 5.23. The first-order chi connectivity index (χ1) is 9.31. The van der Waals surface area contributed by atoms with Crippen LogP contribution in [-0.4, -0.2) is 12.6 Å². The van der Waals surface area contributed by atoms with Crippen molar-refractivity contribution in [3.63, 3.8) is 0 Å². The number of likely N-dealkylation sites (N-methyl/N-ethyl adjacent to an activating group) is 1. The molecule has 0 bridgehead atoms. The summed E-state index contributed by atoms with van der Waals surface area (Å²) in [6, 6.07) is 9.87. The van der Waals surface area contributed by atoms with Gasteiger partial charge in [-0.3, -0.25) is 0 Å². The fourth-order valence-electron chi connectivity index (χ4n) is 3.37. The van der Waals surface area contributed by atoms with Gasteiger partial charge in [0.05, 0.1) is 0 Å². The Morgan fingerprint density at radius 3 is 2.26 bits per heavy atom. The Morgan fingerprint density at radius 2 is 1.68 bits per heavy atom. The average molecular weight is 259 g/mol. The average Bonchev–Trinajstić information content (AvgIpc) is 2.93. The lowest BCUT2D eigenvalue weighted by Gasteiger charge is -2.21. The molecule has 1 heteroatoms. The number of aryl methyl sites for hydroxylation is 1. The van der Waals surface area contributed by atoms with E-state index in [4.69, 9.17) is 0 Å². The number of hydrogen-bond acceptors (Lipinski definition) is 1. The molecular formula is C18H29N. The van der Waals surface area contributed by atoms with Crippen LogP contribution < -0.4 is 5.32 Å². The maximum absolute atomic E-state index is 3.69. The first-order valence-corrected chi connectivity index (χ1v) is 8.13. The van der Waals surface area contributed by atoms with E-state index >= 15 is 0 Å². The molecule has 0 heterocycles. The Hall–Kier alpha value is -0.820. The van der Waals surface area contributed by atoms with Crippen LogP contribution in [-0.2, 0) is 12.8 Å². The predicted molar refractivity (Wildman–Crippen MR) is 83.6 cm³/mol. The van der Waals surface area contributed by atoms with Gasteiger partial charge in [0.25, 0.3) is 0 Å². The maximum atomic E-state index is 3.69. The molecule has 0 amide bonds. The molecule has 106 valence electrons. The van der Waals surface area contributed by atoms with Gasteiger partial charge in [-0.25, -0.2) is 0 Å². The summed E-state index contributed by atoms with van der Waals surface area (Å²) in [7, 11) is 0. The summed E-state index contributed by atoms with van der Waals surface area (Å²) in [6.07, 6.45) is 9.51. The first-order valence-electron chi connectivity index (χ1n) is 8.13. The highest BCUT2D eigenvalue weighted by Gasteiger charge is 2.19. The predicted octanol–water partition coefficient (Wildman–Crippen LogP) is 4.35. The SMILES string of the molecule is CCNC(Cc1ccc(CC)cc1)CC1CCCC1. The molecule has 0 saturated heterocycles. The van der Waals surface area contributed by atoms with Crippen LogP contribution in [0.4, 0.5) is 0 Å². The van der Waals surface area contributed by atoms with Gasteiger partial charge in [-0.05, 0) is 42.9 Å². The lowest BCUT2D eigenvalue weighted by Crippen LogP contribution is -2.32. The largest absolute Gasteiger partial charge is 0.314 e. The summed E-state index contributed by atoms with van der Waals surface area (Å²) in [6.45, 7) is 5.53. The first kappa shape index (κ1) is 14.6. The van der Waals surface area contributed by atoms with Crippen molar-refractivity contribution in [1.82, 2.24) is 5.32 Å². The summed E-state index contributed by atoms with van der Waals surface area (Å²) in [5, 5.41) is 3.69. The molecule has 0 radical (unpaired) electrons.